The SMILES string of the molecule is CC[C@H](C)[C@@H]([C@@H](CC(=O)N1CCC[C@H]1[C@H](OC)[C@@H](C)C(=O)N[C@H](CO)Cc1ccccc1)OC)N(C)C(=O)[C@@H](C(C)C)C1(C)CN(C)CC(C)N1C(N)=O. The number of nitrogens with two attached hydrogens (primary N) is 1. The van der Waals surface area contributed by atoms with Crippen molar-refractivity contribution in [3.63, 3.8) is 0 Å². The van der Waals surface area contributed by atoms with E-state index in [1.54, 1.807) is 38.0 Å². The molecule has 0 radical (unpaired) electrons. The first-order valence-corrected chi connectivity index (χ1v) is 19.8. The Bertz CT molecular complexity index is 1380. The lowest BCUT2D eigenvalue weighted by Crippen LogP contribution is -2.72. The van der Waals surface area contributed by atoms with Crippen LogP contribution >= 0.6 is 0 Å². The summed E-state index contributed by atoms with van der Waals surface area (Å²) in [5.41, 5.74) is 6.12. The van der Waals surface area contributed by atoms with Crippen LogP contribution in [-0.2, 0) is 30.3 Å². The van der Waals surface area contributed by atoms with Gasteiger partial charge in [0.25, 0.3) is 0 Å². The van der Waals surface area contributed by atoms with Gasteiger partial charge in [0.1, 0.15) is 0 Å². The molecule has 54 heavy (non-hydrogen) atoms. The van der Waals surface area contributed by atoms with Gasteiger partial charge in [-0.1, -0.05) is 71.4 Å². The van der Waals surface area contributed by atoms with E-state index in [2.05, 4.69) is 24.1 Å². The van der Waals surface area contributed by atoms with Crippen molar-refractivity contribution in [3.8, 4) is 0 Å². The molecular weight excluding hydrogens is 688 g/mol. The number of amides is 5. The number of rotatable bonds is 18. The molecule has 13 heteroatoms. The summed E-state index contributed by atoms with van der Waals surface area (Å²) in [4.78, 5) is 63.0. The summed E-state index contributed by atoms with van der Waals surface area (Å²) in [6.45, 7) is 15.3. The summed E-state index contributed by atoms with van der Waals surface area (Å²) in [5.74, 6) is -1.79. The molecule has 13 nitrogen and oxygen atoms in total. The maximum atomic E-state index is 14.8. The largest absolute Gasteiger partial charge is 0.394 e. The zero-order chi connectivity index (χ0) is 40.5. The molecule has 0 aromatic heterocycles. The zero-order valence-corrected chi connectivity index (χ0v) is 34.8. The van der Waals surface area contributed by atoms with Gasteiger partial charge < -0.3 is 45.2 Å². The van der Waals surface area contributed by atoms with Gasteiger partial charge in [-0.15, -0.1) is 0 Å². The number of nitrogens with one attached hydrogen (secondary N) is 1. The van der Waals surface area contributed by atoms with Crippen LogP contribution < -0.4 is 11.1 Å². The summed E-state index contributed by atoms with van der Waals surface area (Å²) >= 11 is 0. The standard InChI is InChI=1S/C41H70N6O7/c1-12-27(4)36(45(9)39(51)35(26(2)3)41(7)25-44(8)23-28(5)47(41)40(42)52)33(53-10)22-34(49)46-20-16-19-32(46)37(54-11)29(6)38(50)43-31(24-48)21-30-17-14-13-15-18-30/h13-15,17-18,26-29,31-33,35-37,48H,12,16,19-25H2,1-11H3,(H2,42,52)(H,43,50)/t27-,28?,29+,31-,32-,33+,35+,36-,37+,41?/m0/s1. The number of hydrogen-bond donors (Lipinski definition) is 3. The van der Waals surface area contributed by atoms with Crippen LogP contribution in [-0.4, -0.2) is 145 Å². The molecule has 2 fully saturated rings. The molecule has 2 saturated heterocycles. The van der Waals surface area contributed by atoms with Crippen molar-refractivity contribution in [1.29, 1.82) is 0 Å². The first-order valence-electron chi connectivity index (χ1n) is 19.8. The van der Waals surface area contributed by atoms with Crippen LogP contribution in [0.3, 0.4) is 0 Å². The molecule has 0 saturated carbocycles. The number of urea groups is 1. The Morgan fingerprint density at radius 2 is 1.74 bits per heavy atom. The molecule has 10 atom stereocenters. The highest BCUT2D eigenvalue weighted by molar-refractivity contribution is 5.83. The number of aliphatic hydroxyl groups is 1. The molecule has 3 rings (SSSR count). The summed E-state index contributed by atoms with van der Waals surface area (Å²) in [6.07, 6.45) is 1.53. The van der Waals surface area contributed by atoms with Crippen LogP contribution in [0.4, 0.5) is 4.79 Å². The maximum Gasteiger partial charge on any atom is 0.315 e. The third-order valence-corrected chi connectivity index (χ3v) is 12.1. The lowest BCUT2D eigenvalue weighted by Gasteiger charge is -2.55. The minimum Gasteiger partial charge on any atom is -0.394 e. The van der Waals surface area contributed by atoms with Gasteiger partial charge in [0.15, 0.2) is 0 Å². The highest BCUT2D eigenvalue weighted by Gasteiger charge is 2.53. The molecule has 4 N–H and O–H groups in total. The Labute approximate surface area is 324 Å². The molecular formula is C41H70N6O7. The number of carbonyl (C=O) groups excluding carboxylic acids is 4. The van der Waals surface area contributed by atoms with E-state index in [0.717, 1.165) is 18.4 Å². The summed E-state index contributed by atoms with van der Waals surface area (Å²) in [5, 5.41) is 13.0. The van der Waals surface area contributed by atoms with Crippen LogP contribution in [0.2, 0.25) is 0 Å². The van der Waals surface area contributed by atoms with Crippen molar-refractivity contribution in [2.45, 2.75) is 122 Å². The predicted octanol–water partition coefficient (Wildman–Crippen LogP) is 3.37. The second-order valence-corrected chi connectivity index (χ2v) is 16.5. The van der Waals surface area contributed by atoms with Crippen molar-refractivity contribution in [1.82, 2.24) is 24.9 Å². The minimum atomic E-state index is -0.865. The van der Waals surface area contributed by atoms with Gasteiger partial charge in [0.2, 0.25) is 17.7 Å². The fraction of sp³-hybridized carbons (Fsp3) is 0.756. The molecule has 2 heterocycles. The monoisotopic (exact) mass is 759 g/mol. The summed E-state index contributed by atoms with van der Waals surface area (Å²) in [7, 11) is 6.93. The van der Waals surface area contributed by atoms with Crippen molar-refractivity contribution in [2.24, 2.45) is 29.4 Å². The number of piperazine rings is 1. The number of carbonyl (C=O) groups is 4. The molecule has 306 valence electrons. The van der Waals surface area contributed by atoms with E-state index >= 15 is 0 Å². The second-order valence-electron chi connectivity index (χ2n) is 16.5. The van der Waals surface area contributed by atoms with E-state index in [-0.39, 0.29) is 54.7 Å². The van der Waals surface area contributed by atoms with E-state index in [1.165, 1.54) is 0 Å². The smallest absolute Gasteiger partial charge is 0.315 e. The second kappa shape index (κ2) is 20.1. The van der Waals surface area contributed by atoms with Gasteiger partial charge in [-0.05, 0) is 57.6 Å². The third-order valence-electron chi connectivity index (χ3n) is 12.1. The Morgan fingerprint density at radius 3 is 2.28 bits per heavy atom. The molecule has 1 aromatic carbocycles. The first kappa shape index (κ1) is 45.1. The van der Waals surface area contributed by atoms with Crippen LogP contribution in [0.25, 0.3) is 0 Å². The fourth-order valence-electron chi connectivity index (χ4n) is 9.63. The molecule has 2 unspecified atom stereocenters. The lowest BCUT2D eigenvalue weighted by atomic mass is 9.73. The van der Waals surface area contributed by atoms with Crippen molar-refractivity contribution in [3.05, 3.63) is 35.9 Å². The normalized spacial score (nSPS) is 24.7. The van der Waals surface area contributed by atoms with Crippen LogP contribution in [0.1, 0.15) is 79.7 Å². The average Bonchev–Trinajstić information content (AvgIpc) is 3.60. The van der Waals surface area contributed by atoms with E-state index in [0.29, 0.717) is 32.5 Å². The van der Waals surface area contributed by atoms with E-state index in [9.17, 15) is 24.3 Å². The molecule has 2 aliphatic heterocycles. The van der Waals surface area contributed by atoms with Crippen molar-refractivity contribution >= 4 is 23.8 Å². The van der Waals surface area contributed by atoms with Crippen LogP contribution in [0.15, 0.2) is 30.3 Å². The number of primary amides is 1. The van der Waals surface area contributed by atoms with Crippen molar-refractivity contribution < 1.29 is 33.8 Å². The number of benzene rings is 1. The zero-order valence-electron chi connectivity index (χ0n) is 34.8. The van der Waals surface area contributed by atoms with Crippen molar-refractivity contribution in [2.75, 3.05) is 54.6 Å². The molecule has 1 aromatic rings. The Hall–Kier alpha value is -3.26. The van der Waals surface area contributed by atoms with Gasteiger partial charge in [-0.3, -0.25) is 14.4 Å². The molecule has 0 aliphatic carbocycles. The first-order chi connectivity index (χ1) is 25.5. The number of aliphatic hydroxyl groups excluding tert-OH is 1. The number of nitrogens with zero attached hydrogens (tertiary/aromatic N) is 4. The quantitative estimate of drug-likeness (QED) is 0.206. The fourth-order valence-corrected chi connectivity index (χ4v) is 9.63. The maximum absolute atomic E-state index is 14.8. The lowest BCUT2D eigenvalue weighted by molar-refractivity contribution is -0.154. The van der Waals surface area contributed by atoms with Gasteiger partial charge in [0.05, 0.1) is 60.7 Å². The van der Waals surface area contributed by atoms with Gasteiger partial charge in [0, 0.05) is 46.9 Å². The summed E-state index contributed by atoms with van der Waals surface area (Å²) in [6, 6.07) is 7.74. The molecule has 0 bridgehead atoms. The Kier molecular flexibility index (Phi) is 16.8. The highest BCUT2D eigenvalue weighted by Crippen LogP contribution is 2.38. The van der Waals surface area contributed by atoms with E-state index in [1.807, 2.05) is 70.0 Å². The Morgan fingerprint density at radius 1 is 1.09 bits per heavy atom. The number of ether oxygens (including phenoxy) is 2. The van der Waals surface area contributed by atoms with Gasteiger partial charge in [-0.25, -0.2) is 4.79 Å². The summed E-state index contributed by atoms with van der Waals surface area (Å²) < 4.78 is 12.1. The molecule has 5 amide bonds. The molecule has 0 spiro atoms. The van der Waals surface area contributed by atoms with Gasteiger partial charge >= 0.3 is 6.03 Å². The topological polar surface area (TPSA) is 158 Å². The van der Waals surface area contributed by atoms with E-state index in [4.69, 9.17) is 15.2 Å². The molecule has 2 aliphatic rings. The van der Waals surface area contributed by atoms with Gasteiger partial charge in [-0.2, -0.15) is 0 Å². The number of likely N-dealkylation sites (tertiary alicyclic amines) is 1. The van der Waals surface area contributed by atoms with Crippen LogP contribution in [0.5, 0.6) is 0 Å². The Balaban J connectivity index is 1.83. The van der Waals surface area contributed by atoms with Crippen LogP contribution in [0, 0.1) is 23.7 Å². The van der Waals surface area contributed by atoms with E-state index < -0.39 is 47.7 Å². The highest BCUT2D eigenvalue weighted by atomic mass is 16.5. The number of methoxy groups -OCH3 is 2. The predicted molar refractivity (Wildman–Crippen MR) is 210 cm³/mol. The minimum absolute atomic E-state index is 0.0160. The number of likely N-dealkylation sites (N-methyl/N-ethyl adjacent to an activating group) is 2. The number of hydrogen-bond acceptors (Lipinski definition) is 8. The third kappa shape index (κ3) is 10.3. The average molecular weight is 759 g/mol.